The Labute approximate surface area is 151 Å². The number of hydrogen-bond donors (Lipinski definition) is 0. The molecule has 0 saturated heterocycles. The maximum Gasteiger partial charge on any atom is 0.211 e. The Morgan fingerprint density at radius 3 is 2.38 bits per heavy atom. The number of unbranched alkanes of at least 4 members (excludes halogenated alkanes) is 3. The van der Waals surface area contributed by atoms with E-state index in [2.05, 4.69) is 0 Å². The van der Waals surface area contributed by atoms with Crippen LogP contribution in [0.1, 0.15) is 51.0 Å². The maximum atomic E-state index is 11.9. The summed E-state index contributed by atoms with van der Waals surface area (Å²) >= 11 is 5.96. The van der Waals surface area contributed by atoms with Crippen LogP contribution >= 0.6 is 11.6 Å². The van der Waals surface area contributed by atoms with Gasteiger partial charge in [-0.2, -0.15) is 0 Å². The Hall–Kier alpha value is -0.910. The Bertz CT molecular complexity index is 616. The van der Waals surface area contributed by atoms with Gasteiger partial charge in [0, 0.05) is 24.5 Å². The van der Waals surface area contributed by atoms with Crippen molar-refractivity contribution in [1.82, 2.24) is 4.31 Å². The minimum Gasteiger partial charge on any atom is -0.300 e. The first-order valence-electron chi connectivity index (χ1n) is 8.48. The molecule has 0 aliphatic heterocycles. The summed E-state index contributed by atoms with van der Waals surface area (Å²) in [5.41, 5.74) is 1.13. The maximum absolute atomic E-state index is 11.9. The van der Waals surface area contributed by atoms with Crippen LogP contribution in [0.25, 0.3) is 0 Å². The van der Waals surface area contributed by atoms with Gasteiger partial charge in [-0.05, 0) is 50.3 Å². The highest BCUT2D eigenvalue weighted by molar-refractivity contribution is 7.88. The number of hydrogen-bond acceptors (Lipinski definition) is 3. The third-order valence-corrected chi connectivity index (χ3v) is 5.46. The van der Waals surface area contributed by atoms with E-state index in [0.29, 0.717) is 24.5 Å². The van der Waals surface area contributed by atoms with Crippen LogP contribution in [0.15, 0.2) is 24.3 Å². The van der Waals surface area contributed by atoms with Crippen molar-refractivity contribution in [3.8, 4) is 0 Å². The van der Waals surface area contributed by atoms with Crippen LogP contribution in [-0.4, -0.2) is 37.9 Å². The molecular weight excluding hydrogens is 346 g/mol. The number of ketones is 1. The molecule has 0 saturated carbocycles. The third-order valence-electron chi connectivity index (χ3n) is 3.92. The van der Waals surface area contributed by atoms with Gasteiger partial charge in [0.05, 0.1) is 6.26 Å². The molecule has 0 spiro atoms. The Morgan fingerprint density at radius 2 is 1.75 bits per heavy atom. The van der Waals surface area contributed by atoms with Crippen molar-refractivity contribution in [2.24, 2.45) is 0 Å². The highest BCUT2D eigenvalue weighted by atomic mass is 35.5. The van der Waals surface area contributed by atoms with Gasteiger partial charge in [0.2, 0.25) is 10.0 Å². The van der Waals surface area contributed by atoms with E-state index in [1.807, 2.05) is 24.3 Å². The molecule has 6 heteroatoms. The first-order valence-corrected chi connectivity index (χ1v) is 10.7. The lowest BCUT2D eigenvalue weighted by Crippen LogP contribution is -2.32. The SMILES string of the molecule is CC(=O)CCCCCCN(CCCc1cccc(Cl)c1)S(C)(=O)=O. The van der Waals surface area contributed by atoms with Crippen molar-refractivity contribution in [3.63, 3.8) is 0 Å². The number of nitrogens with zero attached hydrogens (tertiary/aromatic N) is 1. The molecule has 0 unspecified atom stereocenters. The summed E-state index contributed by atoms with van der Waals surface area (Å²) < 4.78 is 25.4. The summed E-state index contributed by atoms with van der Waals surface area (Å²) in [5, 5.41) is 0.707. The van der Waals surface area contributed by atoms with Crippen molar-refractivity contribution in [2.75, 3.05) is 19.3 Å². The number of carbonyl (C=O) groups is 1. The van der Waals surface area contributed by atoms with Crippen LogP contribution < -0.4 is 0 Å². The number of carbonyl (C=O) groups excluding carboxylic acids is 1. The second-order valence-electron chi connectivity index (χ2n) is 6.26. The van der Waals surface area contributed by atoms with Crippen molar-refractivity contribution in [1.29, 1.82) is 0 Å². The third kappa shape index (κ3) is 9.40. The van der Waals surface area contributed by atoms with E-state index in [1.165, 1.54) is 6.26 Å². The molecule has 24 heavy (non-hydrogen) atoms. The lowest BCUT2D eigenvalue weighted by Gasteiger charge is -2.20. The molecule has 0 heterocycles. The second-order valence-corrected chi connectivity index (χ2v) is 8.68. The van der Waals surface area contributed by atoms with Crippen LogP contribution in [0.2, 0.25) is 5.02 Å². The summed E-state index contributed by atoms with van der Waals surface area (Å²) in [4.78, 5) is 10.9. The van der Waals surface area contributed by atoms with Gasteiger partial charge >= 0.3 is 0 Å². The molecule has 0 aliphatic rings. The van der Waals surface area contributed by atoms with Crippen LogP contribution in [0, 0.1) is 0 Å². The van der Waals surface area contributed by atoms with Gasteiger partial charge in [0.15, 0.2) is 0 Å². The van der Waals surface area contributed by atoms with Gasteiger partial charge in [-0.15, -0.1) is 0 Å². The zero-order valence-corrected chi connectivity index (χ0v) is 16.2. The predicted octanol–water partition coefficient (Wildman–Crippen LogP) is 4.07. The second kappa shape index (κ2) is 10.9. The minimum atomic E-state index is -3.18. The average molecular weight is 374 g/mol. The summed E-state index contributed by atoms with van der Waals surface area (Å²) in [6.07, 6.45) is 7.12. The van der Waals surface area contributed by atoms with Crippen LogP contribution in [0.4, 0.5) is 0 Å². The van der Waals surface area contributed by atoms with Gasteiger partial charge in [-0.25, -0.2) is 12.7 Å². The molecule has 0 aliphatic carbocycles. The van der Waals surface area contributed by atoms with E-state index in [1.54, 1.807) is 11.2 Å². The van der Waals surface area contributed by atoms with E-state index >= 15 is 0 Å². The van der Waals surface area contributed by atoms with E-state index in [4.69, 9.17) is 11.6 Å². The molecule has 0 bridgehead atoms. The van der Waals surface area contributed by atoms with E-state index in [9.17, 15) is 13.2 Å². The number of aryl methyl sites for hydroxylation is 1. The summed E-state index contributed by atoms with van der Waals surface area (Å²) in [5.74, 6) is 0.216. The quantitative estimate of drug-likeness (QED) is 0.519. The first-order chi connectivity index (χ1) is 11.3. The first kappa shape index (κ1) is 21.1. The predicted molar refractivity (Wildman–Crippen MR) is 100.0 cm³/mol. The fourth-order valence-corrected chi connectivity index (χ4v) is 3.75. The average Bonchev–Trinajstić information content (AvgIpc) is 2.47. The Kier molecular flexibility index (Phi) is 9.56. The van der Waals surface area contributed by atoms with E-state index in [-0.39, 0.29) is 5.78 Å². The molecule has 4 nitrogen and oxygen atoms in total. The molecule has 0 aromatic heterocycles. The van der Waals surface area contributed by atoms with E-state index < -0.39 is 10.0 Å². The zero-order valence-electron chi connectivity index (χ0n) is 14.6. The summed E-state index contributed by atoms with van der Waals surface area (Å²) in [7, 11) is -3.18. The van der Waals surface area contributed by atoms with Gasteiger partial charge in [-0.1, -0.05) is 36.6 Å². The van der Waals surface area contributed by atoms with Crippen molar-refractivity contribution in [2.45, 2.75) is 51.9 Å². The highest BCUT2D eigenvalue weighted by Crippen LogP contribution is 2.13. The fourth-order valence-electron chi connectivity index (χ4n) is 2.61. The van der Waals surface area contributed by atoms with Crippen LogP contribution in [0.5, 0.6) is 0 Å². The zero-order chi connectivity index (χ0) is 18.0. The van der Waals surface area contributed by atoms with Gasteiger partial charge in [0.1, 0.15) is 5.78 Å². The van der Waals surface area contributed by atoms with E-state index in [0.717, 1.165) is 44.1 Å². The molecule has 1 aromatic rings. The Morgan fingerprint density at radius 1 is 1.08 bits per heavy atom. The lowest BCUT2D eigenvalue weighted by molar-refractivity contribution is -0.117. The van der Waals surface area contributed by atoms with Crippen LogP contribution in [-0.2, 0) is 21.2 Å². The highest BCUT2D eigenvalue weighted by Gasteiger charge is 2.15. The summed E-state index contributed by atoms with van der Waals surface area (Å²) in [6.45, 7) is 2.68. The molecule has 1 aromatic carbocycles. The van der Waals surface area contributed by atoms with Crippen molar-refractivity contribution < 1.29 is 13.2 Å². The minimum absolute atomic E-state index is 0.216. The smallest absolute Gasteiger partial charge is 0.211 e. The van der Waals surface area contributed by atoms with Gasteiger partial charge < -0.3 is 4.79 Å². The molecular formula is C18H28ClNO3S. The molecule has 136 valence electrons. The lowest BCUT2D eigenvalue weighted by atomic mass is 10.1. The molecule has 0 amide bonds. The van der Waals surface area contributed by atoms with Crippen LogP contribution in [0.3, 0.4) is 0 Å². The normalized spacial score (nSPS) is 11.8. The fraction of sp³-hybridized carbons (Fsp3) is 0.611. The molecule has 1 rings (SSSR count). The van der Waals surface area contributed by atoms with Gasteiger partial charge in [0.25, 0.3) is 0 Å². The molecule has 0 N–H and O–H groups in total. The number of Topliss-reactive ketones (excluding diaryl/α,β-unsaturated/α-hetero) is 1. The largest absolute Gasteiger partial charge is 0.300 e. The topological polar surface area (TPSA) is 54.5 Å². The number of benzene rings is 1. The monoisotopic (exact) mass is 373 g/mol. The number of sulfonamides is 1. The number of rotatable bonds is 12. The molecule has 0 fully saturated rings. The molecule has 0 radical (unpaired) electrons. The number of halogens is 1. The van der Waals surface area contributed by atoms with Crippen molar-refractivity contribution >= 4 is 27.4 Å². The Balaban J connectivity index is 2.33. The standard InChI is InChI=1S/C18H28ClNO3S/c1-16(21)9-5-3-4-6-13-20(24(2,22)23)14-8-11-17-10-7-12-18(19)15-17/h7,10,12,15H,3-6,8-9,11,13-14H2,1-2H3. The summed E-state index contributed by atoms with van der Waals surface area (Å²) in [6, 6.07) is 7.67. The van der Waals surface area contributed by atoms with Gasteiger partial charge in [-0.3, -0.25) is 0 Å². The van der Waals surface area contributed by atoms with Crippen molar-refractivity contribution in [3.05, 3.63) is 34.9 Å². The molecule has 0 atom stereocenters.